The van der Waals surface area contributed by atoms with E-state index in [0.29, 0.717) is 16.6 Å². The Labute approximate surface area is 143 Å². The summed E-state index contributed by atoms with van der Waals surface area (Å²) < 4.78 is 1.55. The normalized spacial score (nSPS) is 10.8. The molecule has 0 aliphatic carbocycles. The van der Waals surface area contributed by atoms with E-state index in [1.54, 1.807) is 47.8 Å². The molecule has 0 radical (unpaired) electrons. The van der Waals surface area contributed by atoms with E-state index in [2.05, 4.69) is 10.4 Å². The summed E-state index contributed by atoms with van der Waals surface area (Å²) in [5.74, 6) is 0.363. The summed E-state index contributed by atoms with van der Waals surface area (Å²) in [7, 11) is 1.72. The van der Waals surface area contributed by atoms with Crippen molar-refractivity contribution in [3.05, 3.63) is 70.0 Å². The van der Waals surface area contributed by atoms with Crippen LogP contribution in [0.3, 0.4) is 0 Å². The third kappa shape index (κ3) is 3.19. The van der Waals surface area contributed by atoms with Gasteiger partial charge in [0.25, 0.3) is 5.91 Å². The molecule has 3 aromatic rings. The molecule has 1 amide bonds. The van der Waals surface area contributed by atoms with Crippen LogP contribution in [0.15, 0.2) is 53.3 Å². The number of para-hydroxylation sites is 1. The van der Waals surface area contributed by atoms with E-state index in [-0.39, 0.29) is 11.1 Å². The van der Waals surface area contributed by atoms with Gasteiger partial charge in [-0.3, -0.25) is 14.3 Å². The van der Waals surface area contributed by atoms with Gasteiger partial charge in [0.05, 0.1) is 5.52 Å². The molecular weight excluding hydrogens is 322 g/mol. The van der Waals surface area contributed by atoms with Crippen LogP contribution >= 0.6 is 11.8 Å². The van der Waals surface area contributed by atoms with E-state index in [1.807, 2.05) is 30.5 Å². The van der Waals surface area contributed by atoms with Gasteiger partial charge in [-0.1, -0.05) is 24.3 Å². The Morgan fingerprint density at radius 2 is 2.00 bits per heavy atom. The van der Waals surface area contributed by atoms with Crippen LogP contribution in [-0.4, -0.2) is 21.9 Å². The fourth-order valence-corrected chi connectivity index (χ4v) is 3.08. The molecule has 0 aliphatic heterocycles. The summed E-state index contributed by atoms with van der Waals surface area (Å²) in [6.07, 6.45) is 2.02. The predicted octanol–water partition coefficient (Wildman–Crippen LogP) is 3.05. The fourth-order valence-electron chi connectivity index (χ4n) is 2.57. The molecule has 5 nitrogen and oxygen atoms in total. The SMILES string of the molecule is CSCc1cccc(NC(=O)c2nn(C)c3ccccc3c2=O)c1. The van der Waals surface area contributed by atoms with Gasteiger partial charge in [-0.15, -0.1) is 0 Å². The number of hydrogen-bond donors (Lipinski definition) is 1. The van der Waals surface area contributed by atoms with Gasteiger partial charge in [0.15, 0.2) is 5.69 Å². The molecule has 0 saturated heterocycles. The Morgan fingerprint density at radius 1 is 1.21 bits per heavy atom. The Hall–Kier alpha value is -2.60. The van der Waals surface area contributed by atoms with Crippen molar-refractivity contribution in [1.29, 1.82) is 0 Å². The number of benzene rings is 2. The average molecular weight is 339 g/mol. The Balaban J connectivity index is 1.96. The highest BCUT2D eigenvalue weighted by Gasteiger charge is 2.16. The quantitative estimate of drug-likeness (QED) is 0.793. The third-order valence-electron chi connectivity index (χ3n) is 3.67. The minimum absolute atomic E-state index is 0.105. The molecule has 2 aromatic carbocycles. The van der Waals surface area contributed by atoms with Crippen molar-refractivity contribution in [2.75, 3.05) is 11.6 Å². The van der Waals surface area contributed by atoms with Gasteiger partial charge in [-0.2, -0.15) is 16.9 Å². The second-order valence-electron chi connectivity index (χ2n) is 5.41. The zero-order valence-electron chi connectivity index (χ0n) is 13.4. The molecule has 0 bridgehead atoms. The van der Waals surface area contributed by atoms with Crippen LogP contribution in [-0.2, 0) is 12.8 Å². The minimum Gasteiger partial charge on any atom is -0.320 e. The van der Waals surface area contributed by atoms with Gasteiger partial charge in [0, 0.05) is 23.9 Å². The number of hydrogen-bond acceptors (Lipinski definition) is 4. The molecule has 6 heteroatoms. The number of carbonyl (C=O) groups excluding carboxylic acids is 1. The number of anilines is 1. The number of thioether (sulfide) groups is 1. The van der Waals surface area contributed by atoms with Crippen molar-refractivity contribution in [1.82, 2.24) is 9.78 Å². The second-order valence-corrected chi connectivity index (χ2v) is 6.27. The Morgan fingerprint density at radius 3 is 2.79 bits per heavy atom. The van der Waals surface area contributed by atoms with Gasteiger partial charge >= 0.3 is 0 Å². The van der Waals surface area contributed by atoms with Crippen molar-refractivity contribution in [2.24, 2.45) is 7.05 Å². The van der Waals surface area contributed by atoms with E-state index in [9.17, 15) is 9.59 Å². The van der Waals surface area contributed by atoms with Gasteiger partial charge in [0.1, 0.15) is 0 Å². The molecule has 122 valence electrons. The topological polar surface area (TPSA) is 64.0 Å². The van der Waals surface area contributed by atoms with Crippen LogP contribution in [0, 0.1) is 0 Å². The van der Waals surface area contributed by atoms with E-state index in [0.717, 1.165) is 11.3 Å². The van der Waals surface area contributed by atoms with Crippen molar-refractivity contribution in [2.45, 2.75) is 5.75 Å². The lowest BCUT2D eigenvalue weighted by Gasteiger charge is -2.09. The van der Waals surface area contributed by atoms with E-state index >= 15 is 0 Å². The highest BCUT2D eigenvalue weighted by Crippen LogP contribution is 2.16. The standard InChI is InChI=1S/C18H17N3O2S/c1-21-15-9-4-3-8-14(15)17(22)16(20-21)18(23)19-13-7-5-6-12(10-13)11-24-2/h3-10H,11H2,1-2H3,(H,19,23). The largest absolute Gasteiger partial charge is 0.320 e. The van der Waals surface area contributed by atoms with Crippen LogP contribution in [0.1, 0.15) is 16.1 Å². The zero-order valence-corrected chi connectivity index (χ0v) is 14.3. The number of nitrogens with zero attached hydrogens (tertiary/aromatic N) is 2. The van der Waals surface area contributed by atoms with E-state index in [1.165, 1.54) is 0 Å². The lowest BCUT2D eigenvalue weighted by atomic mass is 10.2. The molecule has 0 aliphatic rings. The first kappa shape index (κ1) is 16.3. The van der Waals surface area contributed by atoms with E-state index < -0.39 is 5.91 Å². The van der Waals surface area contributed by atoms with Crippen molar-refractivity contribution < 1.29 is 4.79 Å². The molecule has 1 heterocycles. The summed E-state index contributed by atoms with van der Waals surface area (Å²) in [6.45, 7) is 0. The molecule has 0 atom stereocenters. The number of carbonyl (C=O) groups is 1. The van der Waals surface area contributed by atoms with Crippen LogP contribution in [0.5, 0.6) is 0 Å². The first-order valence-corrected chi connectivity index (χ1v) is 8.85. The summed E-state index contributed by atoms with van der Waals surface area (Å²) in [6, 6.07) is 14.7. The monoisotopic (exact) mass is 339 g/mol. The predicted molar refractivity (Wildman–Crippen MR) is 98.6 cm³/mol. The first-order valence-electron chi connectivity index (χ1n) is 7.45. The van der Waals surface area contributed by atoms with Crippen molar-refractivity contribution >= 4 is 34.3 Å². The van der Waals surface area contributed by atoms with Crippen LogP contribution in [0.25, 0.3) is 10.9 Å². The highest BCUT2D eigenvalue weighted by molar-refractivity contribution is 7.97. The smallest absolute Gasteiger partial charge is 0.280 e. The lowest BCUT2D eigenvalue weighted by molar-refractivity contribution is 0.101. The summed E-state index contributed by atoms with van der Waals surface area (Å²) in [5, 5.41) is 7.39. The molecule has 1 aromatic heterocycles. The van der Waals surface area contributed by atoms with Crippen molar-refractivity contribution in [3.8, 4) is 0 Å². The molecule has 0 fully saturated rings. The Kier molecular flexibility index (Phi) is 4.66. The molecule has 1 N–H and O–H groups in total. The van der Waals surface area contributed by atoms with Crippen LogP contribution < -0.4 is 10.7 Å². The number of rotatable bonds is 4. The maximum Gasteiger partial charge on any atom is 0.280 e. The van der Waals surface area contributed by atoms with Gasteiger partial charge in [-0.25, -0.2) is 0 Å². The van der Waals surface area contributed by atoms with Crippen molar-refractivity contribution in [3.63, 3.8) is 0 Å². The van der Waals surface area contributed by atoms with Gasteiger partial charge in [0.2, 0.25) is 5.43 Å². The number of aryl methyl sites for hydroxylation is 1. The van der Waals surface area contributed by atoms with E-state index in [4.69, 9.17) is 0 Å². The molecular formula is C18H17N3O2S. The van der Waals surface area contributed by atoms with Gasteiger partial charge in [-0.05, 0) is 36.1 Å². The highest BCUT2D eigenvalue weighted by atomic mass is 32.2. The number of fused-ring (bicyclic) bond motifs is 1. The summed E-state index contributed by atoms with van der Waals surface area (Å²) >= 11 is 1.71. The number of aromatic nitrogens is 2. The fraction of sp³-hybridized carbons (Fsp3) is 0.167. The molecule has 0 spiro atoms. The number of nitrogens with one attached hydrogen (secondary N) is 1. The average Bonchev–Trinajstić information content (AvgIpc) is 2.59. The van der Waals surface area contributed by atoms with Crippen LogP contribution in [0.4, 0.5) is 5.69 Å². The third-order valence-corrected chi connectivity index (χ3v) is 4.30. The maximum absolute atomic E-state index is 12.5. The summed E-state index contributed by atoms with van der Waals surface area (Å²) in [4.78, 5) is 25.0. The second kappa shape index (κ2) is 6.88. The number of amides is 1. The first-order chi connectivity index (χ1) is 11.6. The molecule has 0 saturated carbocycles. The van der Waals surface area contributed by atoms with Crippen LogP contribution in [0.2, 0.25) is 0 Å². The molecule has 3 rings (SSSR count). The maximum atomic E-state index is 12.5. The molecule has 24 heavy (non-hydrogen) atoms. The zero-order chi connectivity index (χ0) is 17.1. The lowest BCUT2D eigenvalue weighted by Crippen LogP contribution is -2.26. The minimum atomic E-state index is -0.498. The summed E-state index contributed by atoms with van der Waals surface area (Å²) in [5.41, 5.74) is 2.00. The van der Waals surface area contributed by atoms with Gasteiger partial charge < -0.3 is 5.32 Å². The Bertz CT molecular complexity index is 966. The molecule has 0 unspecified atom stereocenters.